The van der Waals surface area contributed by atoms with E-state index < -0.39 is 11.8 Å². The van der Waals surface area contributed by atoms with Crippen LogP contribution in [0.15, 0.2) is 48.5 Å². The molecule has 6 nitrogen and oxygen atoms in total. The zero-order valence-electron chi connectivity index (χ0n) is 14.0. The maximum atomic E-state index is 12.3. The lowest BCUT2D eigenvalue weighted by molar-refractivity contribution is -0.128. The van der Waals surface area contributed by atoms with Gasteiger partial charge in [-0.1, -0.05) is 29.8 Å². The van der Waals surface area contributed by atoms with Crippen molar-refractivity contribution in [3.8, 4) is 0 Å². The summed E-state index contributed by atoms with van der Waals surface area (Å²) in [6.07, 6.45) is 1.45. The highest BCUT2D eigenvalue weighted by Crippen LogP contribution is 2.15. The lowest BCUT2D eigenvalue weighted by Crippen LogP contribution is -2.41. The number of nitrogens with one attached hydrogen (secondary N) is 2. The van der Waals surface area contributed by atoms with Gasteiger partial charge in [-0.05, 0) is 42.3 Å². The van der Waals surface area contributed by atoms with Crippen molar-refractivity contribution in [2.75, 3.05) is 6.54 Å². The van der Waals surface area contributed by atoms with Gasteiger partial charge in [-0.25, -0.2) is 0 Å². The van der Waals surface area contributed by atoms with Crippen molar-refractivity contribution >= 4 is 29.3 Å². The van der Waals surface area contributed by atoms with E-state index in [1.165, 1.54) is 6.07 Å². The quantitative estimate of drug-likeness (QED) is 0.811. The molecule has 7 heteroatoms. The van der Waals surface area contributed by atoms with E-state index in [1.54, 1.807) is 41.3 Å². The molecule has 0 aromatic heterocycles. The van der Waals surface area contributed by atoms with E-state index >= 15 is 0 Å². The third-order valence-corrected chi connectivity index (χ3v) is 4.35. The molecule has 3 amide bonds. The number of hydrogen-bond acceptors (Lipinski definition) is 3. The van der Waals surface area contributed by atoms with Crippen LogP contribution in [0, 0.1) is 0 Å². The van der Waals surface area contributed by atoms with Crippen LogP contribution in [-0.2, 0) is 11.3 Å². The Bertz CT molecular complexity index is 853. The van der Waals surface area contributed by atoms with Gasteiger partial charge >= 0.3 is 0 Å². The molecule has 0 unspecified atom stereocenters. The van der Waals surface area contributed by atoms with Crippen LogP contribution in [0.5, 0.6) is 0 Å². The molecule has 2 aromatic rings. The lowest BCUT2D eigenvalue weighted by Gasteiger charge is -2.16. The fraction of sp³-hybridized carbons (Fsp3) is 0.211. The fourth-order valence-electron chi connectivity index (χ4n) is 2.79. The van der Waals surface area contributed by atoms with Crippen molar-refractivity contribution in [2.45, 2.75) is 19.4 Å². The molecule has 3 rings (SSSR count). The highest BCUT2D eigenvalue weighted by Gasteiger charge is 2.20. The van der Waals surface area contributed by atoms with Gasteiger partial charge in [-0.3, -0.25) is 25.2 Å². The maximum absolute atomic E-state index is 12.3. The number of benzene rings is 2. The number of likely N-dealkylation sites (tertiary alicyclic amines) is 1. The van der Waals surface area contributed by atoms with Crippen molar-refractivity contribution in [1.82, 2.24) is 15.8 Å². The molecular formula is C19H18ClN3O3. The summed E-state index contributed by atoms with van der Waals surface area (Å²) in [4.78, 5) is 37.8. The van der Waals surface area contributed by atoms with E-state index in [2.05, 4.69) is 10.9 Å². The summed E-state index contributed by atoms with van der Waals surface area (Å²) in [5, 5.41) is 0.438. The minimum Gasteiger partial charge on any atom is -0.338 e. The minimum absolute atomic E-state index is 0.133. The monoisotopic (exact) mass is 371 g/mol. The van der Waals surface area contributed by atoms with Crippen LogP contribution in [-0.4, -0.2) is 29.2 Å². The van der Waals surface area contributed by atoms with Crippen molar-refractivity contribution in [1.29, 1.82) is 0 Å². The Balaban J connectivity index is 1.60. The van der Waals surface area contributed by atoms with Gasteiger partial charge in [0, 0.05) is 35.7 Å². The lowest BCUT2D eigenvalue weighted by atomic mass is 10.1. The zero-order valence-corrected chi connectivity index (χ0v) is 14.8. The van der Waals surface area contributed by atoms with Gasteiger partial charge < -0.3 is 4.90 Å². The van der Waals surface area contributed by atoms with E-state index in [4.69, 9.17) is 11.6 Å². The maximum Gasteiger partial charge on any atom is 0.269 e. The van der Waals surface area contributed by atoms with Gasteiger partial charge in [0.25, 0.3) is 11.8 Å². The van der Waals surface area contributed by atoms with E-state index in [1.807, 2.05) is 6.07 Å². The van der Waals surface area contributed by atoms with Crippen LogP contribution in [0.1, 0.15) is 39.1 Å². The predicted octanol–water partition coefficient (Wildman–Crippen LogP) is 2.54. The normalized spacial score (nSPS) is 13.6. The molecule has 0 spiro atoms. The van der Waals surface area contributed by atoms with Gasteiger partial charge in [0.1, 0.15) is 0 Å². The number of carbonyl (C=O) groups is 3. The largest absolute Gasteiger partial charge is 0.338 e. The molecule has 26 heavy (non-hydrogen) atoms. The number of rotatable bonds is 4. The van der Waals surface area contributed by atoms with Crippen molar-refractivity contribution < 1.29 is 14.4 Å². The number of hydrazine groups is 1. The van der Waals surface area contributed by atoms with Gasteiger partial charge in [-0.2, -0.15) is 0 Å². The molecule has 0 atom stereocenters. The highest BCUT2D eigenvalue weighted by atomic mass is 35.5. The second-order valence-electron chi connectivity index (χ2n) is 6.04. The molecule has 0 aliphatic carbocycles. The smallest absolute Gasteiger partial charge is 0.269 e. The number of amides is 3. The van der Waals surface area contributed by atoms with Crippen molar-refractivity contribution in [3.05, 3.63) is 70.2 Å². The first-order valence-corrected chi connectivity index (χ1v) is 8.64. The Morgan fingerprint density at radius 1 is 1.00 bits per heavy atom. The summed E-state index contributed by atoms with van der Waals surface area (Å²) in [5.41, 5.74) is 6.37. The van der Waals surface area contributed by atoms with Crippen LogP contribution >= 0.6 is 11.6 Å². The average molecular weight is 372 g/mol. The molecule has 0 bridgehead atoms. The predicted molar refractivity (Wildman–Crippen MR) is 97.5 cm³/mol. The van der Waals surface area contributed by atoms with Crippen LogP contribution in [0.4, 0.5) is 0 Å². The number of hydrogen-bond donors (Lipinski definition) is 2. The Morgan fingerprint density at radius 2 is 1.65 bits per heavy atom. The topological polar surface area (TPSA) is 78.5 Å². The van der Waals surface area contributed by atoms with E-state index in [0.717, 1.165) is 18.5 Å². The Kier molecular flexibility index (Phi) is 5.53. The molecule has 1 aliphatic heterocycles. The molecule has 0 saturated carbocycles. The summed E-state index contributed by atoms with van der Waals surface area (Å²) in [7, 11) is 0. The minimum atomic E-state index is -0.459. The standard InChI is InChI=1S/C19H18ClN3O3/c20-16-7-2-6-15(11-16)19(26)22-21-18(25)14-5-1-4-13(10-14)12-23-9-3-8-17(23)24/h1-2,4-7,10-11H,3,8-9,12H2,(H,21,25)(H,22,26). The molecular weight excluding hydrogens is 354 g/mol. The second-order valence-corrected chi connectivity index (χ2v) is 6.47. The van der Waals surface area contributed by atoms with E-state index in [9.17, 15) is 14.4 Å². The molecule has 1 heterocycles. The highest BCUT2D eigenvalue weighted by molar-refractivity contribution is 6.30. The molecule has 1 aliphatic rings. The first kappa shape index (κ1) is 17.9. The summed E-state index contributed by atoms with van der Waals surface area (Å²) in [5.74, 6) is -0.761. The average Bonchev–Trinajstić information content (AvgIpc) is 3.04. The van der Waals surface area contributed by atoms with Gasteiger partial charge in [-0.15, -0.1) is 0 Å². The van der Waals surface area contributed by atoms with Gasteiger partial charge in [0.15, 0.2) is 0 Å². The third kappa shape index (κ3) is 4.40. The molecule has 0 radical (unpaired) electrons. The van der Waals surface area contributed by atoms with Crippen LogP contribution < -0.4 is 10.9 Å². The summed E-state index contributed by atoms with van der Waals surface area (Å²) in [6.45, 7) is 1.22. The number of halogens is 1. The fourth-order valence-corrected chi connectivity index (χ4v) is 2.98. The van der Waals surface area contributed by atoms with Crippen LogP contribution in [0.25, 0.3) is 0 Å². The van der Waals surface area contributed by atoms with E-state index in [0.29, 0.717) is 29.1 Å². The first-order chi connectivity index (χ1) is 12.5. The third-order valence-electron chi connectivity index (χ3n) is 4.11. The van der Waals surface area contributed by atoms with Crippen molar-refractivity contribution in [3.63, 3.8) is 0 Å². The Labute approximate surface area is 156 Å². The van der Waals surface area contributed by atoms with Gasteiger partial charge in [0.05, 0.1) is 0 Å². The van der Waals surface area contributed by atoms with Crippen molar-refractivity contribution in [2.24, 2.45) is 0 Å². The zero-order chi connectivity index (χ0) is 18.5. The number of nitrogens with zero attached hydrogens (tertiary/aromatic N) is 1. The van der Waals surface area contributed by atoms with Gasteiger partial charge in [0.2, 0.25) is 5.91 Å². The second kappa shape index (κ2) is 8.01. The summed E-state index contributed by atoms with van der Waals surface area (Å²) in [6, 6.07) is 13.4. The number of carbonyl (C=O) groups excluding carboxylic acids is 3. The first-order valence-electron chi connectivity index (χ1n) is 8.26. The molecule has 2 N–H and O–H groups in total. The molecule has 2 aromatic carbocycles. The molecule has 1 saturated heterocycles. The SMILES string of the molecule is O=C(NNC(=O)c1cccc(CN2CCCC2=O)c1)c1cccc(Cl)c1. The Hall–Kier alpha value is -2.86. The Morgan fingerprint density at radius 3 is 2.27 bits per heavy atom. The summed E-state index contributed by atoms with van der Waals surface area (Å²) >= 11 is 5.85. The molecule has 1 fully saturated rings. The van der Waals surface area contributed by atoms with E-state index in [-0.39, 0.29) is 5.91 Å². The summed E-state index contributed by atoms with van der Waals surface area (Å²) < 4.78 is 0. The van der Waals surface area contributed by atoms with Crippen LogP contribution in [0.3, 0.4) is 0 Å². The van der Waals surface area contributed by atoms with Crippen LogP contribution in [0.2, 0.25) is 5.02 Å². The molecule has 134 valence electrons.